The molecule has 4 N–H and O–H groups in total. The van der Waals surface area contributed by atoms with Crippen LogP contribution in [0.1, 0.15) is 36.0 Å². The van der Waals surface area contributed by atoms with Crippen molar-refractivity contribution in [3.63, 3.8) is 0 Å². The Labute approximate surface area is 213 Å². The van der Waals surface area contributed by atoms with Crippen LogP contribution in [0, 0.1) is 5.82 Å². The van der Waals surface area contributed by atoms with E-state index in [0.717, 1.165) is 12.8 Å². The number of hydrogen-bond acceptors (Lipinski definition) is 5. The number of nitrogens with zero attached hydrogens (tertiary/aromatic N) is 1. The average Bonchev–Trinajstić information content (AvgIpc) is 3.12. The summed E-state index contributed by atoms with van der Waals surface area (Å²) in [5, 5.41) is 5.37. The van der Waals surface area contributed by atoms with Crippen LogP contribution in [-0.2, 0) is 4.79 Å². The van der Waals surface area contributed by atoms with Crippen LogP contribution in [-0.4, -0.2) is 60.6 Å². The van der Waals surface area contributed by atoms with Crippen molar-refractivity contribution in [2.45, 2.75) is 43.9 Å². The van der Waals surface area contributed by atoms with Gasteiger partial charge in [0.2, 0.25) is 0 Å². The van der Waals surface area contributed by atoms with Crippen LogP contribution in [0.4, 0.5) is 9.18 Å². The van der Waals surface area contributed by atoms with Crippen molar-refractivity contribution >= 4 is 29.4 Å². The first-order valence-corrected chi connectivity index (χ1v) is 12.1. The zero-order valence-corrected chi connectivity index (χ0v) is 20.3. The molecule has 2 bridgehead atoms. The van der Waals surface area contributed by atoms with Gasteiger partial charge in [-0.15, -0.1) is 0 Å². The fourth-order valence-corrected chi connectivity index (χ4v) is 4.98. The summed E-state index contributed by atoms with van der Waals surface area (Å²) in [7, 11) is 0. The maximum Gasteiger partial charge on any atom is 0.312 e. The van der Waals surface area contributed by atoms with Crippen molar-refractivity contribution in [2.75, 3.05) is 19.7 Å². The van der Waals surface area contributed by atoms with Crippen LogP contribution in [0.2, 0.25) is 5.02 Å². The number of rotatable bonds is 9. The third-order valence-corrected chi connectivity index (χ3v) is 6.58. The number of halogens is 2. The minimum Gasteiger partial charge on any atom is -0.490 e. The first-order valence-electron chi connectivity index (χ1n) is 11.8. The highest BCUT2D eigenvalue weighted by Gasteiger charge is 2.44. The van der Waals surface area contributed by atoms with Gasteiger partial charge in [0.15, 0.2) is 6.61 Å². The summed E-state index contributed by atoms with van der Waals surface area (Å²) in [6, 6.07) is 9.92. The smallest absolute Gasteiger partial charge is 0.312 e. The Balaban J connectivity index is 1.33. The van der Waals surface area contributed by atoms with Gasteiger partial charge in [-0.2, -0.15) is 0 Å². The van der Waals surface area contributed by atoms with E-state index in [1.54, 1.807) is 24.3 Å². The Morgan fingerprint density at radius 2 is 1.69 bits per heavy atom. The number of fused-ring (bicyclic) bond motifs is 2. The lowest BCUT2D eigenvalue weighted by atomic mass is 9.99. The minimum atomic E-state index is -0.686. The summed E-state index contributed by atoms with van der Waals surface area (Å²) in [5.41, 5.74) is 5.19. The highest BCUT2D eigenvalue weighted by Crippen LogP contribution is 2.37. The minimum absolute atomic E-state index is 0.0380. The third kappa shape index (κ3) is 6.37. The predicted molar refractivity (Wildman–Crippen MR) is 131 cm³/mol. The van der Waals surface area contributed by atoms with E-state index in [-0.39, 0.29) is 60.9 Å². The lowest BCUT2D eigenvalue weighted by Gasteiger charge is -2.38. The molecule has 192 valence electrons. The number of benzene rings is 2. The first-order chi connectivity index (χ1) is 17.3. The first kappa shape index (κ1) is 25.6. The quantitative estimate of drug-likeness (QED) is 0.440. The van der Waals surface area contributed by atoms with Crippen LogP contribution >= 0.6 is 11.6 Å². The zero-order valence-electron chi connectivity index (χ0n) is 19.5. The number of nitrogens with two attached hydrogens (primary N) is 1. The summed E-state index contributed by atoms with van der Waals surface area (Å²) in [4.78, 5) is 38.3. The molecular weight excluding hydrogens is 491 g/mol. The molecule has 4 rings (SSSR count). The molecule has 0 aliphatic carbocycles. The normalized spacial score (nSPS) is 20.5. The van der Waals surface area contributed by atoms with Crippen molar-refractivity contribution in [1.29, 1.82) is 0 Å². The van der Waals surface area contributed by atoms with E-state index in [4.69, 9.17) is 26.8 Å². The van der Waals surface area contributed by atoms with Crippen LogP contribution in [0.25, 0.3) is 0 Å². The molecule has 2 aromatic carbocycles. The van der Waals surface area contributed by atoms with Crippen molar-refractivity contribution in [3.05, 3.63) is 58.9 Å². The van der Waals surface area contributed by atoms with E-state index in [0.29, 0.717) is 23.6 Å². The van der Waals surface area contributed by atoms with Crippen LogP contribution in [0.3, 0.4) is 0 Å². The summed E-state index contributed by atoms with van der Waals surface area (Å²) < 4.78 is 25.0. The van der Waals surface area contributed by atoms with Crippen molar-refractivity contribution in [3.8, 4) is 11.5 Å². The van der Waals surface area contributed by atoms with Gasteiger partial charge in [-0.1, -0.05) is 11.6 Å². The van der Waals surface area contributed by atoms with Crippen molar-refractivity contribution in [2.24, 2.45) is 5.73 Å². The standard InChI is InChI=1S/C25H28ClFN4O5/c26-15-1-8-22(21(11-15)24(33)29-9-10-30-25(28)34)35-14-23(32)31-17-4-5-18(31)13-20(12-17)36-19-6-2-16(27)3-7-19/h1-3,6-8,11,17-18,20H,4-5,9-10,12-14H2,(H,29,33)(H3,28,30,34)/t17-,18+,20?. The zero-order chi connectivity index (χ0) is 25.7. The topological polar surface area (TPSA) is 123 Å². The van der Waals surface area contributed by atoms with E-state index in [1.165, 1.54) is 18.2 Å². The molecule has 2 fully saturated rings. The number of ether oxygens (including phenoxy) is 2. The number of carbonyl (C=O) groups is 3. The van der Waals surface area contributed by atoms with Gasteiger partial charge in [0.25, 0.3) is 11.8 Å². The van der Waals surface area contributed by atoms with Gasteiger partial charge in [0.05, 0.1) is 5.56 Å². The van der Waals surface area contributed by atoms with Gasteiger partial charge < -0.3 is 30.7 Å². The Bertz CT molecular complexity index is 1100. The van der Waals surface area contributed by atoms with E-state index in [2.05, 4.69) is 10.6 Å². The lowest BCUT2D eigenvalue weighted by molar-refractivity contribution is -0.139. The maximum absolute atomic E-state index is 13.2. The average molecular weight is 519 g/mol. The second-order valence-corrected chi connectivity index (χ2v) is 9.26. The molecule has 1 unspecified atom stereocenters. The molecular formula is C25H28ClFN4O5. The Hall–Kier alpha value is -3.53. The number of primary amides is 1. The SMILES string of the molecule is NC(=O)NCCNC(=O)c1cc(Cl)ccc1OCC(=O)N1[C@@H]2CC[C@H]1CC(Oc1ccc(F)cc1)C2. The Morgan fingerprint density at radius 1 is 1.03 bits per heavy atom. The number of amides is 4. The van der Waals surface area contributed by atoms with Gasteiger partial charge in [-0.25, -0.2) is 9.18 Å². The molecule has 9 nitrogen and oxygen atoms in total. The summed E-state index contributed by atoms with van der Waals surface area (Å²) in [5.74, 6) is -0.0816. The number of hydrogen-bond donors (Lipinski definition) is 3. The summed E-state index contributed by atoms with van der Waals surface area (Å²) in [6.45, 7) is 0.104. The fraction of sp³-hybridized carbons (Fsp3) is 0.400. The highest BCUT2D eigenvalue weighted by molar-refractivity contribution is 6.31. The molecule has 2 heterocycles. The van der Waals surface area contributed by atoms with Gasteiger partial charge in [-0.3, -0.25) is 9.59 Å². The Morgan fingerprint density at radius 3 is 2.36 bits per heavy atom. The maximum atomic E-state index is 13.2. The van der Waals surface area contributed by atoms with Gasteiger partial charge in [-0.05, 0) is 55.3 Å². The number of carbonyl (C=O) groups excluding carboxylic acids is 3. The molecule has 0 spiro atoms. The van der Waals surface area contributed by atoms with Gasteiger partial charge in [0, 0.05) is 43.0 Å². The largest absolute Gasteiger partial charge is 0.490 e. The molecule has 36 heavy (non-hydrogen) atoms. The van der Waals surface area contributed by atoms with Gasteiger partial charge in [0.1, 0.15) is 23.4 Å². The third-order valence-electron chi connectivity index (χ3n) is 6.34. The highest BCUT2D eigenvalue weighted by atomic mass is 35.5. The van der Waals surface area contributed by atoms with Crippen LogP contribution in [0.5, 0.6) is 11.5 Å². The van der Waals surface area contributed by atoms with E-state index in [1.807, 2.05) is 4.90 Å². The van der Waals surface area contributed by atoms with Crippen molar-refractivity contribution < 1.29 is 28.2 Å². The van der Waals surface area contributed by atoms with Crippen LogP contribution < -0.4 is 25.8 Å². The van der Waals surface area contributed by atoms with Gasteiger partial charge >= 0.3 is 6.03 Å². The molecule has 0 aromatic heterocycles. The van der Waals surface area contributed by atoms with E-state index < -0.39 is 11.9 Å². The lowest BCUT2D eigenvalue weighted by Crippen LogP contribution is -2.50. The Kier molecular flexibility index (Phi) is 8.14. The fourth-order valence-electron chi connectivity index (χ4n) is 4.81. The molecule has 2 aliphatic heterocycles. The second-order valence-electron chi connectivity index (χ2n) is 8.83. The molecule has 0 radical (unpaired) electrons. The molecule has 2 aromatic rings. The predicted octanol–water partition coefficient (Wildman–Crippen LogP) is 2.86. The van der Waals surface area contributed by atoms with E-state index in [9.17, 15) is 18.8 Å². The molecule has 3 atom stereocenters. The number of urea groups is 1. The monoisotopic (exact) mass is 518 g/mol. The second kappa shape index (κ2) is 11.5. The number of nitrogens with one attached hydrogen (secondary N) is 2. The van der Waals surface area contributed by atoms with Crippen molar-refractivity contribution in [1.82, 2.24) is 15.5 Å². The van der Waals surface area contributed by atoms with Crippen LogP contribution in [0.15, 0.2) is 42.5 Å². The summed E-state index contributed by atoms with van der Waals surface area (Å²) in [6.07, 6.45) is 3.09. The molecule has 11 heteroatoms. The number of piperidine rings is 1. The molecule has 2 saturated heterocycles. The molecule has 0 saturated carbocycles. The summed E-state index contributed by atoms with van der Waals surface area (Å²) >= 11 is 6.06. The molecule has 2 aliphatic rings. The van der Waals surface area contributed by atoms with E-state index >= 15 is 0 Å². The molecule has 4 amide bonds.